The van der Waals surface area contributed by atoms with E-state index in [1.54, 1.807) is 17.9 Å². The lowest BCUT2D eigenvalue weighted by Crippen LogP contribution is -2.52. The zero-order valence-electron chi connectivity index (χ0n) is 12.3. The van der Waals surface area contributed by atoms with Crippen molar-refractivity contribution in [2.24, 2.45) is 0 Å². The number of morpholine rings is 1. The predicted molar refractivity (Wildman–Crippen MR) is 83.1 cm³/mol. The van der Waals surface area contributed by atoms with Crippen LogP contribution in [0, 0.1) is 0 Å². The standard InChI is InChI=1S/C16H20ClNO3/c1-11(6-13-4-3-5-14(17)7-13)16(20)18-8-15(9-19)21-10-12(18)2/h3-7,12,15,19H,8-10H2,1-2H3/b11-6+. The molecule has 4 nitrogen and oxygen atoms in total. The molecule has 1 fully saturated rings. The van der Waals surface area contributed by atoms with Crippen LogP contribution in [0.25, 0.3) is 6.08 Å². The van der Waals surface area contributed by atoms with Crippen LogP contribution in [0.4, 0.5) is 0 Å². The van der Waals surface area contributed by atoms with Gasteiger partial charge in [0.05, 0.1) is 25.4 Å². The van der Waals surface area contributed by atoms with Gasteiger partial charge in [-0.25, -0.2) is 0 Å². The van der Waals surface area contributed by atoms with Crippen molar-refractivity contribution in [1.82, 2.24) is 4.90 Å². The lowest BCUT2D eigenvalue weighted by Gasteiger charge is -2.37. The largest absolute Gasteiger partial charge is 0.394 e. The van der Waals surface area contributed by atoms with Gasteiger partial charge in [0.1, 0.15) is 0 Å². The van der Waals surface area contributed by atoms with Gasteiger partial charge in [-0.1, -0.05) is 23.7 Å². The fraction of sp³-hybridized carbons (Fsp3) is 0.438. The van der Waals surface area contributed by atoms with Crippen LogP contribution in [0.1, 0.15) is 19.4 Å². The van der Waals surface area contributed by atoms with E-state index in [0.717, 1.165) is 5.56 Å². The molecule has 1 heterocycles. The van der Waals surface area contributed by atoms with Crippen molar-refractivity contribution in [3.05, 3.63) is 40.4 Å². The number of amides is 1. The van der Waals surface area contributed by atoms with E-state index in [2.05, 4.69) is 0 Å². The molecule has 1 aromatic carbocycles. The van der Waals surface area contributed by atoms with Crippen LogP contribution in [-0.2, 0) is 9.53 Å². The minimum absolute atomic E-state index is 0.00279. The second-order valence-corrected chi connectivity index (χ2v) is 5.76. The van der Waals surface area contributed by atoms with Crippen LogP contribution < -0.4 is 0 Å². The fourth-order valence-electron chi connectivity index (χ4n) is 2.35. The highest BCUT2D eigenvalue weighted by atomic mass is 35.5. The van der Waals surface area contributed by atoms with Crippen LogP contribution in [-0.4, -0.2) is 47.8 Å². The van der Waals surface area contributed by atoms with E-state index in [0.29, 0.717) is 23.7 Å². The van der Waals surface area contributed by atoms with Crippen molar-refractivity contribution in [3.8, 4) is 0 Å². The maximum Gasteiger partial charge on any atom is 0.249 e. The molecule has 1 aliphatic heterocycles. The number of benzene rings is 1. The highest BCUT2D eigenvalue weighted by Gasteiger charge is 2.29. The van der Waals surface area contributed by atoms with Gasteiger partial charge in [-0.05, 0) is 37.6 Å². The maximum atomic E-state index is 12.5. The summed E-state index contributed by atoms with van der Waals surface area (Å²) in [5, 5.41) is 9.83. The number of aliphatic hydroxyl groups is 1. The quantitative estimate of drug-likeness (QED) is 0.872. The van der Waals surface area contributed by atoms with Crippen molar-refractivity contribution < 1.29 is 14.6 Å². The summed E-state index contributed by atoms with van der Waals surface area (Å²) in [6.45, 7) is 4.52. The number of nitrogens with zero attached hydrogens (tertiary/aromatic N) is 1. The Labute approximate surface area is 130 Å². The molecule has 0 aliphatic carbocycles. The second-order valence-electron chi connectivity index (χ2n) is 5.33. The Balaban J connectivity index is 2.14. The fourth-order valence-corrected chi connectivity index (χ4v) is 2.54. The predicted octanol–water partition coefficient (Wildman–Crippen LogP) is 2.35. The van der Waals surface area contributed by atoms with Crippen molar-refractivity contribution >= 4 is 23.6 Å². The average Bonchev–Trinajstić information content (AvgIpc) is 2.47. The van der Waals surface area contributed by atoms with Crippen molar-refractivity contribution in [2.75, 3.05) is 19.8 Å². The summed E-state index contributed by atoms with van der Waals surface area (Å²) in [5.74, 6) is -0.0378. The molecule has 2 rings (SSSR count). The Hall–Kier alpha value is -1.36. The molecular weight excluding hydrogens is 290 g/mol. The number of hydrogen-bond acceptors (Lipinski definition) is 3. The Morgan fingerprint density at radius 2 is 2.33 bits per heavy atom. The minimum atomic E-state index is -0.302. The number of aliphatic hydroxyl groups excluding tert-OH is 1. The Bertz CT molecular complexity index is 544. The van der Waals surface area contributed by atoms with Crippen LogP contribution in [0.5, 0.6) is 0 Å². The Morgan fingerprint density at radius 1 is 1.57 bits per heavy atom. The van der Waals surface area contributed by atoms with Gasteiger partial charge in [0.25, 0.3) is 0 Å². The monoisotopic (exact) mass is 309 g/mol. The van der Waals surface area contributed by atoms with E-state index < -0.39 is 0 Å². The average molecular weight is 310 g/mol. The summed E-state index contributed by atoms with van der Waals surface area (Å²) < 4.78 is 5.45. The Morgan fingerprint density at radius 3 is 3.00 bits per heavy atom. The number of rotatable bonds is 3. The molecule has 2 atom stereocenters. The molecule has 1 N–H and O–H groups in total. The van der Waals surface area contributed by atoms with Gasteiger partial charge in [-0.3, -0.25) is 4.79 Å². The molecule has 2 unspecified atom stereocenters. The third-order valence-corrected chi connectivity index (χ3v) is 3.77. The van der Waals surface area contributed by atoms with Crippen molar-refractivity contribution in [1.29, 1.82) is 0 Å². The van der Waals surface area contributed by atoms with Crippen molar-refractivity contribution in [2.45, 2.75) is 26.0 Å². The Kier molecular flexibility index (Phi) is 5.39. The molecule has 1 aliphatic rings. The first-order valence-corrected chi connectivity index (χ1v) is 7.36. The van der Waals surface area contributed by atoms with Gasteiger partial charge in [0, 0.05) is 17.1 Å². The topological polar surface area (TPSA) is 49.8 Å². The smallest absolute Gasteiger partial charge is 0.249 e. The summed E-state index contributed by atoms with van der Waals surface area (Å²) in [6, 6.07) is 7.37. The maximum absolute atomic E-state index is 12.5. The molecule has 0 radical (unpaired) electrons. The molecule has 1 amide bonds. The number of ether oxygens (including phenoxy) is 1. The first-order valence-electron chi connectivity index (χ1n) is 6.98. The third kappa shape index (κ3) is 4.06. The summed E-state index contributed by atoms with van der Waals surface area (Å²) in [5.41, 5.74) is 1.54. The summed E-state index contributed by atoms with van der Waals surface area (Å²) in [4.78, 5) is 14.3. The molecular formula is C16H20ClNO3. The number of carbonyl (C=O) groups excluding carboxylic acids is 1. The third-order valence-electron chi connectivity index (χ3n) is 3.54. The number of hydrogen-bond donors (Lipinski definition) is 1. The summed E-state index contributed by atoms with van der Waals surface area (Å²) in [6.07, 6.45) is 1.52. The van der Waals surface area contributed by atoms with E-state index in [1.165, 1.54) is 0 Å². The molecule has 0 spiro atoms. The SMILES string of the molecule is C/C(=C\c1cccc(Cl)c1)C(=O)N1CC(CO)OCC1C. The highest BCUT2D eigenvalue weighted by Crippen LogP contribution is 2.18. The highest BCUT2D eigenvalue weighted by molar-refractivity contribution is 6.30. The van der Waals surface area contributed by atoms with Gasteiger partial charge >= 0.3 is 0 Å². The molecule has 1 saturated heterocycles. The van der Waals surface area contributed by atoms with E-state index in [4.69, 9.17) is 16.3 Å². The molecule has 21 heavy (non-hydrogen) atoms. The van der Waals surface area contributed by atoms with Gasteiger partial charge in [0.15, 0.2) is 0 Å². The number of halogens is 1. The molecule has 0 saturated carbocycles. The normalized spacial score (nSPS) is 23.2. The van der Waals surface area contributed by atoms with Crippen LogP contribution in [0.15, 0.2) is 29.8 Å². The minimum Gasteiger partial charge on any atom is -0.394 e. The van der Waals surface area contributed by atoms with Crippen LogP contribution >= 0.6 is 11.6 Å². The van der Waals surface area contributed by atoms with Gasteiger partial charge in [0.2, 0.25) is 5.91 Å². The molecule has 114 valence electrons. The van der Waals surface area contributed by atoms with Crippen molar-refractivity contribution in [3.63, 3.8) is 0 Å². The molecule has 5 heteroatoms. The van der Waals surface area contributed by atoms with Crippen LogP contribution in [0.3, 0.4) is 0 Å². The van der Waals surface area contributed by atoms with Crippen LogP contribution in [0.2, 0.25) is 5.02 Å². The molecule has 0 aromatic heterocycles. The lowest BCUT2D eigenvalue weighted by molar-refractivity contribution is -0.141. The lowest BCUT2D eigenvalue weighted by atomic mass is 10.1. The molecule has 0 bridgehead atoms. The van der Waals surface area contributed by atoms with E-state index in [9.17, 15) is 9.90 Å². The van der Waals surface area contributed by atoms with Gasteiger partial charge in [-0.15, -0.1) is 0 Å². The van der Waals surface area contributed by atoms with Gasteiger partial charge in [-0.2, -0.15) is 0 Å². The van der Waals surface area contributed by atoms with E-state index in [1.807, 2.05) is 31.2 Å². The zero-order valence-corrected chi connectivity index (χ0v) is 13.0. The van der Waals surface area contributed by atoms with E-state index >= 15 is 0 Å². The summed E-state index contributed by atoms with van der Waals surface area (Å²) in [7, 11) is 0. The second kappa shape index (κ2) is 7.07. The first kappa shape index (κ1) is 16.0. The number of carbonyl (C=O) groups is 1. The molecule has 1 aromatic rings. The summed E-state index contributed by atoms with van der Waals surface area (Å²) >= 11 is 5.95. The zero-order chi connectivity index (χ0) is 15.4. The van der Waals surface area contributed by atoms with E-state index in [-0.39, 0.29) is 24.7 Å². The van der Waals surface area contributed by atoms with Gasteiger partial charge < -0.3 is 14.7 Å². The first-order chi connectivity index (χ1) is 10.0.